The zero-order valence-electron chi connectivity index (χ0n) is 11.4. The van der Waals surface area contributed by atoms with Crippen molar-refractivity contribution in [1.82, 2.24) is 0 Å². The molecule has 0 amide bonds. The minimum absolute atomic E-state index is 0.0935. The molecule has 0 saturated heterocycles. The highest BCUT2D eigenvalue weighted by Crippen LogP contribution is 2.33. The molecule has 1 aromatic rings. The molecule has 5 nitrogen and oxygen atoms in total. The van der Waals surface area contributed by atoms with Gasteiger partial charge in [0.1, 0.15) is 5.69 Å². The highest BCUT2D eigenvalue weighted by Gasteiger charge is 2.28. The quantitative estimate of drug-likeness (QED) is 0.645. The van der Waals surface area contributed by atoms with Crippen LogP contribution in [0, 0.1) is 16.0 Å². The number of anilines is 1. The Kier molecular flexibility index (Phi) is 4.65. The Balaban J connectivity index is 1.97. The molecule has 0 aliphatic heterocycles. The van der Waals surface area contributed by atoms with Gasteiger partial charge in [-0.05, 0) is 50.7 Å². The van der Waals surface area contributed by atoms with Gasteiger partial charge < -0.3 is 10.4 Å². The molecule has 2 N–H and O–H groups in total. The molecule has 0 aromatic heterocycles. The van der Waals surface area contributed by atoms with E-state index < -0.39 is 5.60 Å². The Labute approximate surface area is 126 Å². The van der Waals surface area contributed by atoms with Gasteiger partial charge in [-0.2, -0.15) is 0 Å². The summed E-state index contributed by atoms with van der Waals surface area (Å²) in [6.07, 6.45) is 3.48. The fraction of sp³-hybridized carbons (Fsp3) is 0.571. The second-order valence-corrected chi connectivity index (χ2v) is 6.66. The van der Waals surface area contributed by atoms with Crippen LogP contribution in [0.2, 0.25) is 0 Å². The summed E-state index contributed by atoms with van der Waals surface area (Å²) >= 11 is 3.33. The van der Waals surface area contributed by atoms with Crippen molar-refractivity contribution in [2.24, 2.45) is 5.92 Å². The lowest BCUT2D eigenvalue weighted by Crippen LogP contribution is -2.32. The zero-order valence-corrected chi connectivity index (χ0v) is 13.0. The van der Waals surface area contributed by atoms with E-state index in [-0.39, 0.29) is 10.6 Å². The zero-order chi connectivity index (χ0) is 14.8. The molecule has 0 spiro atoms. The largest absolute Gasteiger partial charge is 0.390 e. The summed E-state index contributed by atoms with van der Waals surface area (Å²) in [7, 11) is 0. The Morgan fingerprint density at radius 2 is 2.15 bits per heavy atom. The van der Waals surface area contributed by atoms with Crippen LogP contribution in [0.25, 0.3) is 0 Å². The third-order valence-electron chi connectivity index (χ3n) is 3.92. The molecule has 1 fully saturated rings. The maximum atomic E-state index is 11.0. The van der Waals surface area contributed by atoms with E-state index in [1.165, 1.54) is 6.07 Å². The summed E-state index contributed by atoms with van der Waals surface area (Å²) < 4.78 is 0.817. The third kappa shape index (κ3) is 3.93. The van der Waals surface area contributed by atoms with E-state index in [9.17, 15) is 15.2 Å². The Morgan fingerprint density at radius 1 is 1.50 bits per heavy atom. The van der Waals surface area contributed by atoms with Gasteiger partial charge in [-0.1, -0.05) is 15.9 Å². The number of aliphatic hydroxyl groups is 1. The Hall–Kier alpha value is -1.14. The van der Waals surface area contributed by atoms with Crippen LogP contribution >= 0.6 is 15.9 Å². The molecule has 1 aliphatic carbocycles. The van der Waals surface area contributed by atoms with Gasteiger partial charge in [0.25, 0.3) is 5.69 Å². The molecule has 1 aliphatic rings. The fourth-order valence-electron chi connectivity index (χ4n) is 2.57. The van der Waals surface area contributed by atoms with Crippen molar-refractivity contribution < 1.29 is 10.0 Å². The van der Waals surface area contributed by atoms with Crippen LogP contribution in [0.4, 0.5) is 11.4 Å². The van der Waals surface area contributed by atoms with Crippen LogP contribution in [0.15, 0.2) is 22.7 Å². The Morgan fingerprint density at radius 3 is 2.75 bits per heavy atom. The molecular formula is C14H19BrN2O3. The smallest absolute Gasteiger partial charge is 0.292 e. The minimum atomic E-state index is -0.543. The number of nitrogens with one attached hydrogen (secondary N) is 1. The van der Waals surface area contributed by atoms with E-state index in [0.29, 0.717) is 18.2 Å². The number of hydrogen-bond acceptors (Lipinski definition) is 4. The summed E-state index contributed by atoms with van der Waals surface area (Å²) in [6.45, 7) is 2.57. The summed E-state index contributed by atoms with van der Waals surface area (Å²) in [5, 5.41) is 24.1. The number of nitrogens with zero attached hydrogens (tertiary/aromatic N) is 1. The first kappa shape index (κ1) is 15.3. The first-order valence-corrected chi connectivity index (χ1v) is 7.57. The molecule has 0 radical (unpaired) electrons. The molecule has 20 heavy (non-hydrogen) atoms. The van der Waals surface area contributed by atoms with Gasteiger partial charge >= 0.3 is 0 Å². The van der Waals surface area contributed by atoms with Crippen LogP contribution < -0.4 is 5.32 Å². The Bertz CT molecular complexity index is 495. The summed E-state index contributed by atoms with van der Waals surface area (Å²) in [5.41, 5.74) is 0.0934. The minimum Gasteiger partial charge on any atom is -0.390 e. The topological polar surface area (TPSA) is 75.4 Å². The SMILES string of the molecule is C[C@]1(O)CC[C@H](CNc2cc(Br)ccc2[N+](=O)[O-])CC1. The molecule has 0 atom stereocenters. The van der Waals surface area contributed by atoms with Crippen LogP contribution in [0.5, 0.6) is 0 Å². The van der Waals surface area contributed by atoms with Gasteiger partial charge in [0, 0.05) is 17.1 Å². The average Bonchev–Trinajstić information content (AvgIpc) is 2.37. The molecule has 1 saturated carbocycles. The number of rotatable bonds is 4. The van der Waals surface area contributed by atoms with Crippen molar-refractivity contribution >= 4 is 27.3 Å². The molecule has 0 heterocycles. The average molecular weight is 343 g/mol. The summed E-state index contributed by atoms with van der Waals surface area (Å²) in [5.74, 6) is 0.453. The van der Waals surface area contributed by atoms with Crippen LogP contribution in [0.3, 0.4) is 0 Å². The molecule has 6 heteroatoms. The van der Waals surface area contributed by atoms with Crippen molar-refractivity contribution in [1.29, 1.82) is 0 Å². The third-order valence-corrected chi connectivity index (χ3v) is 4.41. The number of nitro groups is 1. The van der Waals surface area contributed by atoms with Crippen molar-refractivity contribution in [2.75, 3.05) is 11.9 Å². The standard InChI is InChI=1S/C14H19BrN2O3/c1-14(18)6-4-10(5-7-14)9-16-12-8-11(15)2-3-13(12)17(19)20/h2-3,8,10,16,18H,4-7,9H2,1H3/t10-,14-. The van der Waals surface area contributed by atoms with Crippen LogP contribution in [0.1, 0.15) is 32.6 Å². The predicted molar refractivity (Wildman–Crippen MR) is 81.9 cm³/mol. The number of nitro benzene ring substituents is 1. The van der Waals surface area contributed by atoms with E-state index in [1.807, 2.05) is 6.92 Å². The molecule has 0 bridgehead atoms. The molecule has 110 valence electrons. The van der Waals surface area contributed by atoms with Gasteiger partial charge in [-0.25, -0.2) is 0 Å². The van der Waals surface area contributed by atoms with Crippen LogP contribution in [-0.2, 0) is 0 Å². The maximum Gasteiger partial charge on any atom is 0.292 e. The van der Waals surface area contributed by atoms with E-state index in [1.54, 1.807) is 12.1 Å². The van der Waals surface area contributed by atoms with Crippen molar-refractivity contribution in [3.05, 3.63) is 32.8 Å². The van der Waals surface area contributed by atoms with E-state index in [2.05, 4.69) is 21.2 Å². The van der Waals surface area contributed by atoms with E-state index >= 15 is 0 Å². The maximum absolute atomic E-state index is 11.0. The monoisotopic (exact) mass is 342 g/mol. The highest BCUT2D eigenvalue weighted by atomic mass is 79.9. The second-order valence-electron chi connectivity index (χ2n) is 5.74. The van der Waals surface area contributed by atoms with Crippen molar-refractivity contribution in [3.63, 3.8) is 0 Å². The van der Waals surface area contributed by atoms with Crippen molar-refractivity contribution in [2.45, 2.75) is 38.2 Å². The lowest BCUT2D eigenvalue weighted by Gasteiger charge is -2.33. The lowest BCUT2D eigenvalue weighted by atomic mass is 9.80. The number of halogens is 1. The first-order chi connectivity index (χ1) is 9.37. The van der Waals surface area contributed by atoms with Crippen molar-refractivity contribution in [3.8, 4) is 0 Å². The summed E-state index contributed by atoms with van der Waals surface area (Å²) in [6, 6.07) is 4.90. The number of benzene rings is 1. The molecule has 0 unspecified atom stereocenters. The van der Waals surface area contributed by atoms with Gasteiger partial charge in [0.2, 0.25) is 0 Å². The molecular weight excluding hydrogens is 324 g/mol. The second kappa shape index (κ2) is 6.10. The fourth-order valence-corrected chi connectivity index (χ4v) is 2.93. The molecule has 1 aromatic carbocycles. The van der Waals surface area contributed by atoms with E-state index in [4.69, 9.17) is 0 Å². The first-order valence-electron chi connectivity index (χ1n) is 6.77. The van der Waals surface area contributed by atoms with Gasteiger partial charge in [-0.3, -0.25) is 10.1 Å². The molecule has 2 rings (SSSR count). The number of hydrogen-bond donors (Lipinski definition) is 2. The van der Waals surface area contributed by atoms with Gasteiger partial charge in [0.05, 0.1) is 10.5 Å². The van der Waals surface area contributed by atoms with Gasteiger partial charge in [-0.15, -0.1) is 0 Å². The normalized spacial score (nSPS) is 26.2. The van der Waals surface area contributed by atoms with Gasteiger partial charge in [0.15, 0.2) is 0 Å². The summed E-state index contributed by atoms with van der Waals surface area (Å²) in [4.78, 5) is 10.6. The predicted octanol–water partition coefficient (Wildman–Crippen LogP) is 3.71. The van der Waals surface area contributed by atoms with Crippen LogP contribution in [-0.4, -0.2) is 22.2 Å². The van der Waals surface area contributed by atoms with E-state index in [0.717, 1.165) is 30.2 Å². The highest BCUT2D eigenvalue weighted by molar-refractivity contribution is 9.10. The lowest BCUT2D eigenvalue weighted by molar-refractivity contribution is -0.384.